The molecule has 0 atom stereocenters. The number of rotatable bonds is 2. The van der Waals surface area contributed by atoms with Gasteiger partial charge in [0.25, 0.3) is 0 Å². The van der Waals surface area contributed by atoms with Crippen LogP contribution in [0.2, 0.25) is 0 Å². The van der Waals surface area contributed by atoms with E-state index in [4.69, 9.17) is 0 Å². The molecule has 0 saturated carbocycles. The molecule has 0 heterocycles. The van der Waals surface area contributed by atoms with Crippen LogP contribution in [0.1, 0.15) is 36.5 Å². The molecule has 0 N–H and O–H groups in total. The van der Waals surface area contributed by atoms with E-state index < -0.39 is 0 Å². The maximum Gasteiger partial charge on any atom is 0.00470 e. The van der Waals surface area contributed by atoms with Gasteiger partial charge in [0.2, 0.25) is 0 Å². The number of benzene rings is 2. The van der Waals surface area contributed by atoms with Crippen molar-refractivity contribution in [2.75, 3.05) is 0 Å². The summed E-state index contributed by atoms with van der Waals surface area (Å²) >= 11 is 3.62. The van der Waals surface area contributed by atoms with E-state index in [0.29, 0.717) is 5.92 Å². The van der Waals surface area contributed by atoms with Crippen LogP contribution < -0.4 is 0 Å². The van der Waals surface area contributed by atoms with Gasteiger partial charge < -0.3 is 0 Å². The molecule has 0 aromatic heterocycles. The summed E-state index contributed by atoms with van der Waals surface area (Å²) in [6.45, 7) is 4.46. The third kappa shape index (κ3) is 2.40. The molecular weight excluding hydrogens is 296 g/mol. The van der Waals surface area contributed by atoms with E-state index >= 15 is 0 Å². The molecule has 0 aliphatic heterocycles. The van der Waals surface area contributed by atoms with Gasteiger partial charge in [-0.3, -0.25) is 0 Å². The average Bonchev–Trinajstić information content (AvgIpc) is 2.78. The zero-order valence-electron chi connectivity index (χ0n) is 11.3. The van der Waals surface area contributed by atoms with Crippen LogP contribution in [0.25, 0.3) is 17.2 Å². The molecule has 19 heavy (non-hydrogen) atoms. The lowest BCUT2D eigenvalue weighted by Gasteiger charge is -2.10. The molecule has 0 bridgehead atoms. The van der Waals surface area contributed by atoms with Gasteiger partial charge in [-0.2, -0.15) is 0 Å². The van der Waals surface area contributed by atoms with Crippen molar-refractivity contribution in [3.05, 3.63) is 63.6 Å². The topological polar surface area (TPSA) is 0 Å². The van der Waals surface area contributed by atoms with Gasteiger partial charge in [0.1, 0.15) is 0 Å². The lowest BCUT2D eigenvalue weighted by molar-refractivity contribution is 0.867. The quantitative estimate of drug-likeness (QED) is 0.660. The molecule has 0 fully saturated rings. The Kier molecular flexibility index (Phi) is 3.32. The molecule has 0 amide bonds. The molecule has 0 unspecified atom stereocenters. The van der Waals surface area contributed by atoms with Gasteiger partial charge in [0.05, 0.1) is 0 Å². The molecule has 1 aliphatic carbocycles. The molecule has 0 radical (unpaired) electrons. The largest absolute Gasteiger partial charge is 0.0613 e. The molecule has 3 rings (SSSR count). The van der Waals surface area contributed by atoms with Crippen molar-refractivity contribution < 1.29 is 0 Å². The van der Waals surface area contributed by atoms with Crippen molar-refractivity contribution in [2.24, 2.45) is 0 Å². The van der Waals surface area contributed by atoms with E-state index in [1.54, 1.807) is 0 Å². The number of fused-ring (bicyclic) bond motifs is 1. The Hall–Kier alpha value is -1.34. The molecule has 0 spiro atoms. The molecule has 1 aliphatic rings. The van der Waals surface area contributed by atoms with Crippen LogP contribution in [-0.2, 0) is 6.42 Å². The molecular formula is C18H17Br. The first kappa shape index (κ1) is 12.7. The summed E-state index contributed by atoms with van der Waals surface area (Å²) in [5.41, 5.74) is 6.82. The zero-order chi connectivity index (χ0) is 13.4. The van der Waals surface area contributed by atoms with Gasteiger partial charge >= 0.3 is 0 Å². The molecule has 0 saturated heterocycles. The standard InChI is InChI=1S/C18H17Br/c1-12(2)13-6-8-14(9-7-13)17-5-3-4-15-10-16(19)11-18(15)17/h3-9,11-12H,10H2,1-2H3. The van der Waals surface area contributed by atoms with Crippen LogP contribution in [-0.4, -0.2) is 0 Å². The van der Waals surface area contributed by atoms with Gasteiger partial charge in [0, 0.05) is 10.9 Å². The van der Waals surface area contributed by atoms with Gasteiger partial charge in [-0.05, 0) is 39.8 Å². The molecule has 1 heteroatoms. The molecule has 0 nitrogen and oxygen atoms in total. The summed E-state index contributed by atoms with van der Waals surface area (Å²) in [4.78, 5) is 0. The first-order valence-electron chi connectivity index (χ1n) is 6.73. The molecule has 96 valence electrons. The minimum atomic E-state index is 0.588. The Morgan fingerprint density at radius 1 is 1.00 bits per heavy atom. The number of halogens is 1. The second kappa shape index (κ2) is 4.97. The van der Waals surface area contributed by atoms with Crippen LogP contribution in [0.3, 0.4) is 0 Å². The maximum atomic E-state index is 3.62. The van der Waals surface area contributed by atoms with Crippen molar-refractivity contribution in [1.29, 1.82) is 0 Å². The van der Waals surface area contributed by atoms with E-state index in [1.165, 1.54) is 32.3 Å². The SMILES string of the molecule is CC(C)c1ccc(-c2cccc3c2C=C(Br)C3)cc1. The Balaban J connectivity index is 2.06. The summed E-state index contributed by atoms with van der Waals surface area (Å²) in [6.07, 6.45) is 3.27. The highest BCUT2D eigenvalue weighted by Crippen LogP contribution is 2.36. The maximum absolute atomic E-state index is 3.62. The first-order valence-corrected chi connectivity index (χ1v) is 7.53. The van der Waals surface area contributed by atoms with Crippen molar-refractivity contribution in [3.63, 3.8) is 0 Å². The van der Waals surface area contributed by atoms with Crippen molar-refractivity contribution in [3.8, 4) is 11.1 Å². The smallest absolute Gasteiger partial charge is 0.00470 e. The highest BCUT2D eigenvalue weighted by Gasteiger charge is 2.14. The van der Waals surface area contributed by atoms with Crippen molar-refractivity contribution >= 4 is 22.0 Å². The lowest BCUT2D eigenvalue weighted by Crippen LogP contribution is -1.89. The zero-order valence-corrected chi connectivity index (χ0v) is 12.9. The third-order valence-electron chi connectivity index (χ3n) is 3.75. The van der Waals surface area contributed by atoms with Crippen LogP contribution in [0, 0.1) is 0 Å². The number of hydrogen-bond acceptors (Lipinski definition) is 0. The Morgan fingerprint density at radius 3 is 2.42 bits per heavy atom. The van der Waals surface area contributed by atoms with Gasteiger partial charge in [-0.1, -0.05) is 72.2 Å². The number of hydrogen-bond donors (Lipinski definition) is 0. The summed E-state index contributed by atoms with van der Waals surface area (Å²) in [7, 11) is 0. The predicted octanol–water partition coefficient (Wildman–Crippen LogP) is 5.77. The van der Waals surface area contributed by atoms with E-state index in [1.807, 2.05) is 0 Å². The van der Waals surface area contributed by atoms with E-state index in [-0.39, 0.29) is 0 Å². The van der Waals surface area contributed by atoms with Crippen molar-refractivity contribution in [2.45, 2.75) is 26.2 Å². The minimum Gasteiger partial charge on any atom is -0.0613 e. The monoisotopic (exact) mass is 312 g/mol. The lowest BCUT2D eigenvalue weighted by atomic mass is 9.94. The number of allylic oxidation sites excluding steroid dienone is 1. The minimum absolute atomic E-state index is 0.588. The fourth-order valence-electron chi connectivity index (χ4n) is 2.63. The summed E-state index contributed by atoms with van der Waals surface area (Å²) < 4.78 is 1.27. The van der Waals surface area contributed by atoms with Crippen LogP contribution >= 0.6 is 15.9 Å². The second-order valence-electron chi connectivity index (χ2n) is 5.42. The second-order valence-corrected chi connectivity index (χ2v) is 6.44. The fraction of sp³-hybridized carbons (Fsp3) is 0.222. The van der Waals surface area contributed by atoms with E-state index in [2.05, 4.69) is 78.3 Å². The highest BCUT2D eigenvalue weighted by atomic mass is 79.9. The molecule has 2 aromatic rings. The van der Waals surface area contributed by atoms with Gasteiger partial charge in [-0.25, -0.2) is 0 Å². The van der Waals surface area contributed by atoms with Crippen LogP contribution in [0.4, 0.5) is 0 Å². The third-order valence-corrected chi connectivity index (χ3v) is 4.25. The fourth-order valence-corrected chi connectivity index (χ4v) is 3.16. The van der Waals surface area contributed by atoms with Crippen molar-refractivity contribution in [1.82, 2.24) is 0 Å². The average molecular weight is 313 g/mol. The van der Waals surface area contributed by atoms with E-state index in [0.717, 1.165) is 6.42 Å². The molecule has 2 aromatic carbocycles. The van der Waals surface area contributed by atoms with Gasteiger partial charge in [0.15, 0.2) is 0 Å². The normalized spacial score (nSPS) is 13.6. The van der Waals surface area contributed by atoms with Crippen LogP contribution in [0.15, 0.2) is 46.9 Å². The summed E-state index contributed by atoms with van der Waals surface area (Å²) in [5, 5.41) is 0. The Labute approximate surface area is 123 Å². The summed E-state index contributed by atoms with van der Waals surface area (Å²) in [5.74, 6) is 0.588. The van der Waals surface area contributed by atoms with Gasteiger partial charge in [-0.15, -0.1) is 0 Å². The van der Waals surface area contributed by atoms with Crippen LogP contribution in [0.5, 0.6) is 0 Å². The first-order chi connectivity index (χ1) is 9.15. The van der Waals surface area contributed by atoms with E-state index in [9.17, 15) is 0 Å². The Bertz CT molecular complexity index is 633. The predicted molar refractivity (Wildman–Crippen MR) is 86.6 cm³/mol. The Morgan fingerprint density at radius 2 is 1.74 bits per heavy atom. The highest BCUT2D eigenvalue weighted by molar-refractivity contribution is 9.11. The summed E-state index contributed by atoms with van der Waals surface area (Å²) in [6, 6.07) is 15.6.